The fourth-order valence-corrected chi connectivity index (χ4v) is 3.18. The van der Waals surface area contributed by atoms with Crippen molar-refractivity contribution in [1.29, 1.82) is 0 Å². The molecule has 19 heavy (non-hydrogen) atoms. The van der Waals surface area contributed by atoms with Gasteiger partial charge < -0.3 is 15.2 Å². The van der Waals surface area contributed by atoms with E-state index in [1.54, 1.807) is 7.11 Å². The molecule has 1 aliphatic heterocycles. The van der Waals surface area contributed by atoms with E-state index in [1.807, 2.05) is 0 Å². The Kier molecular flexibility index (Phi) is 7.81. The van der Waals surface area contributed by atoms with Crippen molar-refractivity contribution in [3.63, 3.8) is 0 Å². The molecule has 8 heteroatoms. The van der Waals surface area contributed by atoms with E-state index in [0.29, 0.717) is 45.4 Å². The van der Waals surface area contributed by atoms with E-state index in [2.05, 4.69) is 4.72 Å². The second kappa shape index (κ2) is 8.83. The molecule has 1 saturated heterocycles. The number of methoxy groups -OCH3 is 1. The van der Waals surface area contributed by atoms with Gasteiger partial charge in [-0.3, -0.25) is 0 Å². The Labute approximate surface area is 115 Å². The Morgan fingerprint density at radius 1 is 1.26 bits per heavy atom. The number of rotatable bonds is 9. The highest BCUT2D eigenvalue weighted by Gasteiger charge is 2.26. The second-order valence-electron chi connectivity index (χ2n) is 4.58. The number of nitrogens with one attached hydrogen (secondary N) is 1. The van der Waals surface area contributed by atoms with Gasteiger partial charge in [0.15, 0.2) is 0 Å². The highest BCUT2D eigenvalue weighted by molar-refractivity contribution is 7.87. The van der Waals surface area contributed by atoms with Gasteiger partial charge in [0.1, 0.15) is 0 Å². The van der Waals surface area contributed by atoms with E-state index in [-0.39, 0.29) is 6.54 Å². The largest absolute Gasteiger partial charge is 0.382 e. The Bertz CT molecular complexity index is 329. The average molecular weight is 295 g/mol. The highest BCUT2D eigenvalue weighted by atomic mass is 32.2. The molecule has 0 unspecified atom stereocenters. The minimum absolute atomic E-state index is 0.281. The molecule has 0 spiro atoms. The number of ether oxygens (including phenoxy) is 2. The normalized spacial score (nSPS) is 18.8. The van der Waals surface area contributed by atoms with Crippen molar-refractivity contribution in [2.75, 3.05) is 53.1 Å². The summed E-state index contributed by atoms with van der Waals surface area (Å²) < 4.78 is 38.0. The number of nitrogens with two attached hydrogens (primary N) is 1. The maximum absolute atomic E-state index is 12.0. The van der Waals surface area contributed by atoms with E-state index in [0.717, 1.165) is 12.8 Å². The lowest BCUT2D eigenvalue weighted by Gasteiger charge is -2.30. The van der Waals surface area contributed by atoms with Crippen LogP contribution in [0.1, 0.15) is 12.8 Å². The minimum atomic E-state index is -3.38. The summed E-state index contributed by atoms with van der Waals surface area (Å²) in [6.07, 6.45) is 1.67. The summed E-state index contributed by atoms with van der Waals surface area (Å²) in [4.78, 5) is 0. The van der Waals surface area contributed by atoms with E-state index in [1.165, 1.54) is 4.31 Å². The van der Waals surface area contributed by atoms with E-state index >= 15 is 0 Å². The summed E-state index contributed by atoms with van der Waals surface area (Å²) in [5, 5.41) is 0. The fraction of sp³-hybridized carbons (Fsp3) is 1.00. The van der Waals surface area contributed by atoms with Crippen LogP contribution < -0.4 is 10.5 Å². The molecule has 1 rings (SSSR count). The third-order valence-electron chi connectivity index (χ3n) is 3.21. The van der Waals surface area contributed by atoms with Crippen LogP contribution in [0.2, 0.25) is 0 Å². The molecule has 0 aromatic heterocycles. The number of hydrogen-bond acceptors (Lipinski definition) is 5. The smallest absolute Gasteiger partial charge is 0.279 e. The van der Waals surface area contributed by atoms with Crippen molar-refractivity contribution >= 4 is 10.2 Å². The van der Waals surface area contributed by atoms with Gasteiger partial charge in [0.2, 0.25) is 0 Å². The van der Waals surface area contributed by atoms with Gasteiger partial charge in [-0.15, -0.1) is 0 Å². The van der Waals surface area contributed by atoms with Gasteiger partial charge in [0, 0.05) is 26.7 Å². The van der Waals surface area contributed by atoms with Gasteiger partial charge in [-0.2, -0.15) is 17.4 Å². The van der Waals surface area contributed by atoms with Crippen LogP contribution in [-0.2, 0) is 19.7 Å². The van der Waals surface area contributed by atoms with E-state index < -0.39 is 10.2 Å². The van der Waals surface area contributed by atoms with Crippen LogP contribution in [0.3, 0.4) is 0 Å². The first-order chi connectivity index (χ1) is 9.10. The molecule has 1 aliphatic rings. The van der Waals surface area contributed by atoms with Crippen LogP contribution in [0.15, 0.2) is 0 Å². The third-order valence-corrected chi connectivity index (χ3v) is 4.82. The molecule has 0 aromatic carbocycles. The zero-order valence-corrected chi connectivity index (χ0v) is 12.3. The van der Waals surface area contributed by atoms with Gasteiger partial charge in [0.25, 0.3) is 10.2 Å². The molecule has 0 atom stereocenters. The molecule has 1 heterocycles. The van der Waals surface area contributed by atoms with Gasteiger partial charge in [-0.05, 0) is 25.3 Å². The Morgan fingerprint density at radius 3 is 2.53 bits per heavy atom. The fourth-order valence-electron chi connectivity index (χ4n) is 1.96. The molecular formula is C11H25N3O4S. The molecule has 0 saturated carbocycles. The molecule has 7 nitrogen and oxygen atoms in total. The summed E-state index contributed by atoms with van der Waals surface area (Å²) in [7, 11) is -1.78. The van der Waals surface area contributed by atoms with Crippen molar-refractivity contribution in [2.24, 2.45) is 11.7 Å². The van der Waals surface area contributed by atoms with Crippen molar-refractivity contribution < 1.29 is 17.9 Å². The van der Waals surface area contributed by atoms with E-state index in [4.69, 9.17) is 15.2 Å². The molecule has 0 radical (unpaired) electrons. The van der Waals surface area contributed by atoms with Crippen LogP contribution in [0, 0.1) is 5.92 Å². The van der Waals surface area contributed by atoms with Crippen LogP contribution >= 0.6 is 0 Å². The maximum atomic E-state index is 12.0. The molecule has 0 aliphatic carbocycles. The van der Waals surface area contributed by atoms with Crippen LogP contribution in [0.5, 0.6) is 0 Å². The zero-order valence-electron chi connectivity index (χ0n) is 11.5. The maximum Gasteiger partial charge on any atom is 0.279 e. The lowest BCUT2D eigenvalue weighted by atomic mass is 9.99. The predicted molar refractivity (Wildman–Crippen MR) is 73.0 cm³/mol. The Morgan fingerprint density at radius 2 is 1.95 bits per heavy atom. The standard InChI is InChI=1S/C11H25N3O4S/c1-17-8-9-18-7-4-13-19(15,16)14-5-2-11(10-12)3-6-14/h11,13H,2-10,12H2,1H3. The predicted octanol–water partition coefficient (Wildman–Crippen LogP) is -0.845. The molecule has 0 bridgehead atoms. The summed E-state index contributed by atoms with van der Waals surface area (Å²) in [5.41, 5.74) is 5.59. The summed E-state index contributed by atoms with van der Waals surface area (Å²) in [5.74, 6) is 0.448. The number of nitrogens with zero attached hydrogens (tertiary/aromatic N) is 1. The van der Waals surface area contributed by atoms with Gasteiger partial charge in [0.05, 0.1) is 19.8 Å². The summed E-state index contributed by atoms with van der Waals surface area (Å²) in [6.45, 7) is 3.34. The monoisotopic (exact) mass is 295 g/mol. The average Bonchev–Trinajstić information content (AvgIpc) is 2.43. The SMILES string of the molecule is COCCOCCNS(=O)(=O)N1CCC(CN)CC1. The highest BCUT2D eigenvalue weighted by Crippen LogP contribution is 2.17. The van der Waals surface area contributed by atoms with Crippen molar-refractivity contribution in [2.45, 2.75) is 12.8 Å². The molecule has 0 amide bonds. The summed E-state index contributed by atoms with van der Waals surface area (Å²) >= 11 is 0. The van der Waals surface area contributed by atoms with Gasteiger partial charge in [-0.1, -0.05) is 0 Å². The van der Waals surface area contributed by atoms with Crippen LogP contribution in [0.25, 0.3) is 0 Å². The van der Waals surface area contributed by atoms with Crippen molar-refractivity contribution in [1.82, 2.24) is 9.03 Å². The second-order valence-corrected chi connectivity index (χ2v) is 6.34. The molecule has 0 aromatic rings. The van der Waals surface area contributed by atoms with Gasteiger partial charge >= 0.3 is 0 Å². The topological polar surface area (TPSA) is 93.9 Å². The van der Waals surface area contributed by atoms with E-state index in [9.17, 15) is 8.42 Å². The number of hydrogen-bond donors (Lipinski definition) is 2. The zero-order chi connectivity index (χ0) is 14.1. The first kappa shape index (κ1) is 16.8. The van der Waals surface area contributed by atoms with Crippen molar-refractivity contribution in [3.8, 4) is 0 Å². The molecule has 3 N–H and O–H groups in total. The third kappa shape index (κ3) is 6.15. The van der Waals surface area contributed by atoms with Crippen molar-refractivity contribution in [3.05, 3.63) is 0 Å². The molecule has 114 valence electrons. The van der Waals surface area contributed by atoms with Gasteiger partial charge in [-0.25, -0.2) is 0 Å². The Balaban J connectivity index is 2.21. The lowest BCUT2D eigenvalue weighted by molar-refractivity contribution is 0.0734. The summed E-state index contributed by atoms with van der Waals surface area (Å²) in [6, 6.07) is 0. The Hall–Kier alpha value is -0.250. The molecule has 1 fully saturated rings. The van der Waals surface area contributed by atoms with Crippen LogP contribution in [0.4, 0.5) is 0 Å². The minimum Gasteiger partial charge on any atom is -0.382 e. The van der Waals surface area contributed by atoms with Crippen LogP contribution in [-0.4, -0.2) is 65.8 Å². The molecular weight excluding hydrogens is 270 g/mol. The quantitative estimate of drug-likeness (QED) is 0.541. The lowest BCUT2D eigenvalue weighted by Crippen LogP contribution is -2.46. The number of piperidine rings is 1. The first-order valence-electron chi connectivity index (χ1n) is 6.61. The first-order valence-corrected chi connectivity index (χ1v) is 8.05.